The van der Waals surface area contributed by atoms with Crippen molar-refractivity contribution in [3.8, 4) is 12.3 Å². The zero-order valence-electron chi connectivity index (χ0n) is 67.8. The van der Waals surface area contributed by atoms with Crippen LogP contribution < -0.4 is 0 Å². The summed E-state index contributed by atoms with van der Waals surface area (Å²) >= 11 is 3.60. The first-order valence-electron chi connectivity index (χ1n) is 38.9. The highest BCUT2D eigenvalue weighted by Gasteiger charge is 2.54. The quantitative estimate of drug-likeness (QED) is 0.0179. The van der Waals surface area contributed by atoms with Gasteiger partial charge in [0.05, 0.1) is 18.3 Å². The van der Waals surface area contributed by atoms with Crippen molar-refractivity contribution in [2.45, 2.75) is 337 Å². The minimum Gasteiger partial charge on any atom is -0.458 e. The number of cyclic esters (lactones) is 2. The number of fused-ring (bicyclic) bond motifs is 2. The first-order valence-corrected chi connectivity index (χ1v) is 48.5. The number of esters is 2. The Kier molecular flexibility index (Phi) is 36.2. The molecule has 5 saturated carbocycles. The van der Waals surface area contributed by atoms with Gasteiger partial charge in [-0.15, -0.1) is 18.9 Å². The van der Waals surface area contributed by atoms with Crippen LogP contribution in [0.1, 0.15) is 233 Å². The molecule has 0 bridgehead atoms. The number of allylic oxidation sites excluding steroid dienone is 4. The minimum atomic E-state index is -2.10. The van der Waals surface area contributed by atoms with Crippen LogP contribution in [0.15, 0.2) is 83.0 Å². The smallest absolute Gasteiger partial charge is 0.334 e. The molecule has 101 heavy (non-hydrogen) atoms. The number of carbonyl (C=O) groups excluding carboxylic acids is 2. The van der Waals surface area contributed by atoms with Gasteiger partial charge in [-0.25, -0.2) is 9.59 Å². The van der Waals surface area contributed by atoms with Crippen molar-refractivity contribution in [3.63, 3.8) is 0 Å². The molecule has 0 aromatic rings. The minimum absolute atomic E-state index is 0. The fraction of sp³-hybridized carbons (Fsp3) is 0.786. The van der Waals surface area contributed by atoms with Gasteiger partial charge >= 0.3 is 11.9 Å². The largest absolute Gasteiger partial charge is 0.458 e. The van der Waals surface area contributed by atoms with Crippen LogP contribution in [0, 0.1) is 70.5 Å². The highest BCUT2D eigenvalue weighted by Crippen LogP contribution is 2.62. The monoisotopic (exact) mass is 1530 g/mol. The molecule has 7 fully saturated rings. The highest BCUT2D eigenvalue weighted by atomic mass is 79.9. The SMILES string of the molecule is C#CC[C@@H](O[Si](C)(C)C(C)(C)C)[C@H](OCCCO[Si](C)(C)C(C)(C)C)[C@@H](C=C)O[Si](C)(C)C(C)(C)C.C=C1/C(=C\C=C2/CCC[C@]3(C)[C@@H]([C@H](C)C[C@@H]4OC(=O)C(=C)[C@@H]4CC)CC[C@@H]23)C[C@@H](O)[C@H](OCCCO)[C@@H]1O.C=C1C(=O)O[C@@H](C[C@@H](C)[C@H]2CC[C@H]3/C(=C/Br)CCC[C@]23C)[C@H]1CC.CC.F. The van der Waals surface area contributed by atoms with Gasteiger partial charge in [0.2, 0.25) is 0 Å². The Labute approximate surface area is 627 Å². The molecular formula is C84H146BrFO12Si3. The van der Waals surface area contributed by atoms with Crippen LogP contribution >= 0.6 is 15.9 Å². The van der Waals surface area contributed by atoms with Gasteiger partial charge in [0, 0.05) is 62.3 Å². The average molecular weight is 1530 g/mol. The molecule has 7 rings (SSSR count). The maximum absolute atomic E-state index is 12.1. The molecule has 12 nitrogen and oxygen atoms in total. The fourth-order valence-corrected chi connectivity index (χ4v) is 21.3. The summed E-state index contributed by atoms with van der Waals surface area (Å²) in [6.07, 6.45) is 26.9. The van der Waals surface area contributed by atoms with E-state index in [1.54, 1.807) is 5.57 Å². The Morgan fingerprint density at radius 1 is 0.693 bits per heavy atom. The van der Waals surface area contributed by atoms with Gasteiger partial charge in [-0.2, -0.15) is 0 Å². The molecule has 2 aliphatic heterocycles. The van der Waals surface area contributed by atoms with Gasteiger partial charge in [-0.1, -0.05) is 183 Å². The Morgan fingerprint density at radius 2 is 1.16 bits per heavy atom. The summed E-state index contributed by atoms with van der Waals surface area (Å²) < 4.78 is 43.7. The number of hydrogen-bond acceptors (Lipinski definition) is 12. The van der Waals surface area contributed by atoms with E-state index in [-0.39, 0.29) is 86.1 Å². The summed E-state index contributed by atoms with van der Waals surface area (Å²) in [6, 6.07) is 0. The number of hydrogen-bond donors (Lipinski definition) is 3. The summed E-state index contributed by atoms with van der Waals surface area (Å²) in [4.78, 5) is 26.2. The van der Waals surface area contributed by atoms with Gasteiger partial charge in [0.15, 0.2) is 25.0 Å². The third kappa shape index (κ3) is 23.0. The molecule has 2 heterocycles. The van der Waals surface area contributed by atoms with Crippen molar-refractivity contribution in [1.82, 2.24) is 0 Å². The Morgan fingerprint density at radius 3 is 1.59 bits per heavy atom. The summed E-state index contributed by atoms with van der Waals surface area (Å²) in [5, 5.41) is 30.7. The molecule has 0 radical (unpaired) electrons. The molecule has 0 aromatic carbocycles. The Hall–Kier alpha value is -2.58. The lowest BCUT2D eigenvalue weighted by molar-refractivity contribution is -0.141. The number of carbonyl (C=O) groups is 2. The lowest BCUT2D eigenvalue weighted by atomic mass is 9.60. The van der Waals surface area contributed by atoms with Crippen LogP contribution in [-0.2, 0) is 41.8 Å². The average Bonchev–Trinajstić information content (AvgIpc) is 1.62. The van der Waals surface area contributed by atoms with E-state index >= 15 is 0 Å². The molecule has 0 spiro atoms. The number of aliphatic hydroxyl groups excluding tert-OH is 3. The summed E-state index contributed by atoms with van der Waals surface area (Å²) in [7, 11) is -5.97. The lowest BCUT2D eigenvalue weighted by Gasteiger charge is -2.45. The molecule has 2 saturated heterocycles. The zero-order valence-corrected chi connectivity index (χ0v) is 72.4. The second kappa shape index (κ2) is 39.5. The second-order valence-electron chi connectivity index (χ2n) is 35.6. The molecule has 0 unspecified atom stereocenters. The van der Waals surface area contributed by atoms with Crippen molar-refractivity contribution >= 4 is 52.8 Å². The Bertz CT molecular complexity index is 2840. The summed E-state index contributed by atoms with van der Waals surface area (Å²) in [6.45, 7) is 69.6. The summed E-state index contributed by atoms with van der Waals surface area (Å²) in [5.41, 5.74) is 6.53. The topological polar surface area (TPSA) is 159 Å². The van der Waals surface area contributed by atoms with Crippen molar-refractivity contribution in [2.24, 2.45) is 58.2 Å². The maximum Gasteiger partial charge on any atom is 0.334 e. The van der Waals surface area contributed by atoms with E-state index in [1.807, 2.05) is 19.9 Å². The molecule has 17 heteroatoms. The molecule has 18 atom stereocenters. The van der Waals surface area contributed by atoms with E-state index in [9.17, 15) is 19.8 Å². The maximum atomic E-state index is 12.1. The molecule has 7 aliphatic rings. The Balaban J connectivity index is 0.000000396. The predicted molar refractivity (Wildman–Crippen MR) is 429 cm³/mol. The number of rotatable bonds is 27. The van der Waals surface area contributed by atoms with Crippen LogP contribution in [0.2, 0.25) is 54.4 Å². The van der Waals surface area contributed by atoms with Crippen molar-refractivity contribution in [2.75, 3.05) is 26.4 Å². The van der Waals surface area contributed by atoms with E-state index in [2.05, 4.69) is 208 Å². The predicted octanol–water partition coefficient (Wildman–Crippen LogP) is 21.0. The van der Waals surface area contributed by atoms with Crippen LogP contribution in [0.5, 0.6) is 0 Å². The van der Waals surface area contributed by atoms with Gasteiger partial charge in [-0.05, 0) is 220 Å². The van der Waals surface area contributed by atoms with E-state index in [4.69, 9.17) is 43.8 Å². The lowest BCUT2D eigenvalue weighted by Crippen LogP contribution is -2.53. The van der Waals surface area contributed by atoms with Crippen molar-refractivity contribution in [3.05, 3.63) is 83.0 Å². The molecule has 0 aromatic heterocycles. The van der Waals surface area contributed by atoms with E-state index in [1.165, 1.54) is 56.9 Å². The van der Waals surface area contributed by atoms with Crippen LogP contribution in [0.4, 0.5) is 4.70 Å². The molecule has 580 valence electrons. The zero-order chi connectivity index (χ0) is 75.9. The third-order valence-electron chi connectivity index (χ3n) is 26.1. The number of ether oxygens (including phenoxy) is 4. The van der Waals surface area contributed by atoms with Crippen LogP contribution in [-0.4, -0.2) is 127 Å². The van der Waals surface area contributed by atoms with Crippen molar-refractivity contribution in [1.29, 1.82) is 0 Å². The molecule has 5 aliphatic carbocycles. The summed E-state index contributed by atoms with van der Waals surface area (Å²) in [5.74, 6) is 6.44. The first kappa shape index (κ1) is 92.6. The number of terminal acetylenes is 1. The molecule has 0 amide bonds. The normalized spacial score (nSPS) is 31.4. The fourth-order valence-electron chi connectivity index (χ4n) is 17.0. The highest BCUT2D eigenvalue weighted by molar-refractivity contribution is 9.11. The van der Waals surface area contributed by atoms with Gasteiger partial charge in [-0.3, -0.25) is 4.70 Å². The van der Waals surface area contributed by atoms with E-state index in [0.29, 0.717) is 84.9 Å². The van der Waals surface area contributed by atoms with Crippen LogP contribution in [0.3, 0.4) is 0 Å². The molecular weight excluding hydrogens is 1380 g/mol. The van der Waals surface area contributed by atoms with Gasteiger partial charge < -0.3 is 47.5 Å². The van der Waals surface area contributed by atoms with Crippen molar-refractivity contribution < 1.29 is 61.8 Å². The second-order valence-corrected chi connectivity index (χ2v) is 50.3. The van der Waals surface area contributed by atoms with E-state index in [0.717, 1.165) is 62.4 Å². The third-order valence-corrected chi connectivity index (χ3v) is 40.2. The van der Waals surface area contributed by atoms with Gasteiger partial charge in [0.25, 0.3) is 0 Å². The standard InChI is InChI=1S/C32H48O6.C29H60O4Si3.C21H31BrO2.C2H6.FH/c1-6-24-21(4)31(36)38-28(24)17-19(2)25-12-13-26-22(9-7-14-32(25,26)5)10-11-23-18-27(34)30(29(35)20(23)3)37-16-8-15-33;1-18-21-25(33-36(16,17)29(9,10)11)26(24(19-2)32-35(14,15)28(6,7)8)30-22-20-23-31-34(12,13)27(3,4)5;1-5-16-14(3)20(23)24-19(16)11-13(2)17-8-9-18-15(12-22)7-6-10-21(17,18)4;1-2;/h10-11,19,24-30,33-35H,3-4,6-9,12-18H2,1-2,5H3;1,19,24-26H,2,20-23H2,3-17H3;12-13,16-19H,3,5-11H2,1-2,4H3;1-2H3;1H/b22-10+,23-11-;;15-12+;;/t19-,24+,25-,26+,27-,28+,29-,30+,32-;24-,25-,26-;13-,16+,17-,18+,19+,21-;;/m111../s1. The van der Waals surface area contributed by atoms with E-state index < -0.39 is 43.3 Å². The van der Waals surface area contributed by atoms with Gasteiger partial charge in [0.1, 0.15) is 30.5 Å². The molecule has 3 N–H and O–H groups in total. The number of halogens is 2. The van der Waals surface area contributed by atoms with Crippen LogP contribution in [0.25, 0.3) is 0 Å². The first-order chi connectivity index (χ1) is 46.5. The number of aliphatic hydroxyl groups is 3.